The van der Waals surface area contributed by atoms with Gasteiger partial charge in [0.15, 0.2) is 0 Å². The molecule has 6 aromatic carbocycles. The molecule has 0 radical (unpaired) electrons. The number of pyridine rings is 1. The molecule has 6 nitrogen and oxygen atoms in total. The van der Waals surface area contributed by atoms with Crippen molar-refractivity contribution in [3.8, 4) is 34.5 Å². The molecule has 2 aromatic heterocycles. The minimum absolute atomic E-state index is 0. The molecule has 3 heterocycles. The molecule has 0 amide bonds. The number of nitriles is 1. The number of fused-ring (bicyclic) bond motifs is 4. The van der Waals surface area contributed by atoms with Crippen molar-refractivity contribution in [3.63, 3.8) is 0 Å². The molecule has 9 rings (SSSR count). The van der Waals surface area contributed by atoms with Gasteiger partial charge in [-0.25, -0.2) is 4.98 Å². The van der Waals surface area contributed by atoms with Crippen LogP contribution in [0.15, 0.2) is 134 Å². The minimum atomic E-state index is -0.0770. The summed E-state index contributed by atoms with van der Waals surface area (Å²) in [5.74, 6) is 1.84. The van der Waals surface area contributed by atoms with Crippen LogP contribution in [0.4, 0.5) is 22.7 Å². The normalized spacial score (nSPS) is 13.0. The van der Waals surface area contributed by atoms with Gasteiger partial charge in [0.05, 0.1) is 6.07 Å². The van der Waals surface area contributed by atoms with Gasteiger partial charge >= 0.3 is 0 Å². The van der Waals surface area contributed by atoms with Crippen molar-refractivity contribution in [2.75, 3.05) is 9.80 Å². The molecule has 0 N–H and O–H groups in total. The fourth-order valence-corrected chi connectivity index (χ4v) is 8.11. The number of anilines is 4. The number of benzene rings is 6. The van der Waals surface area contributed by atoms with Crippen LogP contribution in [0.5, 0.6) is 11.5 Å². The maximum Gasteiger partial charge on any atom is 0.135 e. The molecular weight excluding hydrogens is 942 g/mol. The molecule has 314 valence electrons. The zero-order valence-electron chi connectivity index (χ0n) is 36.7. The van der Waals surface area contributed by atoms with E-state index < -0.39 is 0 Å². The van der Waals surface area contributed by atoms with Gasteiger partial charge in [0.1, 0.15) is 5.82 Å². The molecule has 0 fully saturated rings. The van der Waals surface area contributed by atoms with E-state index in [2.05, 4.69) is 180 Å². The first-order chi connectivity index (χ1) is 29.1. The van der Waals surface area contributed by atoms with Gasteiger partial charge in [-0.05, 0) is 98.0 Å². The molecule has 1 aliphatic rings. The number of rotatable bonds is 6. The summed E-state index contributed by atoms with van der Waals surface area (Å²) in [6.45, 7) is 22.4. The van der Waals surface area contributed by atoms with E-state index in [1.54, 1.807) is 0 Å². The van der Waals surface area contributed by atoms with E-state index in [9.17, 15) is 5.26 Å². The van der Waals surface area contributed by atoms with Crippen molar-refractivity contribution in [1.29, 1.82) is 5.26 Å². The number of aromatic nitrogens is 2. The zero-order chi connectivity index (χ0) is 42.8. The molecule has 7 heteroatoms. The number of ether oxygens (including phenoxy) is 1. The molecular formula is C55H50N5OPt-3. The summed E-state index contributed by atoms with van der Waals surface area (Å²) in [5.41, 5.74) is 12.2. The Bertz CT molecular complexity index is 2980. The van der Waals surface area contributed by atoms with Crippen LogP contribution in [0.25, 0.3) is 38.8 Å². The number of hydrogen-bond acceptors (Lipinski definition) is 5. The predicted molar refractivity (Wildman–Crippen MR) is 250 cm³/mol. The van der Waals surface area contributed by atoms with Gasteiger partial charge in [0.25, 0.3) is 0 Å². The first kappa shape index (κ1) is 42.5. The molecule has 0 spiro atoms. The molecule has 1 aliphatic heterocycles. The third-order valence-electron chi connectivity index (χ3n) is 11.6. The van der Waals surface area contributed by atoms with Gasteiger partial charge in [-0.2, -0.15) is 17.4 Å². The van der Waals surface area contributed by atoms with Crippen LogP contribution < -0.4 is 14.5 Å². The molecule has 0 saturated heterocycles. The van der Waals surface area contributed by atoms with Crippen LogP contribution in [0, 0.1) is 30.1 Å². The van der Waals surface area contributed by atoms with Crippen molar-refractivity contribution >= 4 is 44.6 Å². The van der Waals surface area contributed by atoms with Gasteiger partial charge in [0, 0.05) is 66.9 Å². The van der Waals surface area contributed by atoms with Crippen LogP contribution >= 0.6 is 0 Å². The van der Waals surface area contributed by atoms with Crippen molar-refractivity contribution < 1.29 is 25.8 Å². The Kier molecular flexibility index (Phi) is 10.9. The van der Waals surface area contributed by atoms with E-state index in [0.717, 1.165) is 67.1 Å². The van der Waals surface area contributed by atoms with Crippen LogP contribution in [-0.4, -0.2) is 9.55 Å². The Morgan fingerprint density at radius 3 is 2.00 bits per heavy atom. The van der Waals surface area contributed by atoms with Gasteiger partial charge < -0.3 is 19.1 Å². The summed E-state index contributed by atoms with van der Waals surface area (Å²) in [5, 5.41) is 11.9. The van der Waals surface area contributed by atoms with E-state index in [1.807, 2.05) is 54.7 Å². The van der Waals surface area contributed by atoms with Crippen molar-refractivity contribution in [3.05, 3.63) is 175 Å². The molecule has 0 atom stereocenters. The fourth-order valence-electron chi connectivity index (χ4n) is 8.11. The second-order valence-electron chi connectivity index (χ2n) is 19.1. The van der Waals surface area contributed by atoms with E-state index in [-0.39, 0.29) is 37.3 Å². The third-order valence-corrected chi connectivity index (χ3v) is 11.6. The molecule has 0 unspecified atom stereocenters. The van der Waals surface area contributed by atoms with Crippen LogP contribution in [-0.2, 0) is 37.3 Å². The van der Waals surface area contributed by atoms with Crippen molar-refractivity contribution in [2.24, 2.45) is 0 Å². The first-order valence-electron chi connectivity index (χ1n) is 20.9. The summed E-state index contributed by atoms with van der Waals surface area (Å²) in [6.07, 6.45) is 1.85. The number of hydrogen-bond donors (Lipinski definition) is 0. The summed E-state index contributed by atoms with van der Waals surface area (Å²) < 4.78 is 8.73. The van der Waals surface area contributed by atoms with Crippen molar-refractivity contribution in [1.82, 2.24) is 9.55 Å². The average molecular weight is 992 g/mol. The Hall–Kier alpha value is -6.15. The van der Waals surface area contributed by atoms with E-state index in [1.165, 1.54) is 11.1 Å². The maximum atomic E-state index is 10.2. The minimum Gasteiger partial charge on any atom is -0.509 e. The molecule has 62 heavy (non-hydrogen) atoms. The molecule has 0 saturated carbocycles. The Morgan fingerprint density at radius 1 is 0.613 bits per heavy atom. The van der Waals surface area contributed by atoms with Gasteiger partial charge in [0.2, 0.25) is 0 Å². The SMILES string of the molecule is CC(C)(C)c1cc(N2[CH-]N(c3[c-]c(Oc4[c-]c5c(cc4)c4c(C#N)cccc4n5-c4cc(C(C)(C)C)ccn4)ccc3)c3cc(-c4ccccc4)ccc32)cc(C(C)(C)C)c1.[Pt]. The largest absolute Gasteiger partial charge is 0.509 e. The first-order valence-corrected chi connectivity index (χ1v) is 20.9. The monoisotopic (exact) mass is 991 g/mol. The second-order valence-corrected chi connectivity index (χ2v) is 19.1. The predicted octanol–water partition coefficient (Wildman–Crippen LogP) is 14.4. The van der Waals surface area contributed by atoms with E-state index in [0.29, 0.717) is 17.1 Å². The van der Waals surface area contributed by atoms with E-state index in [4.69, 9.17) is 9.72 Å². The Labute approximate surface area is 380 Å². The van der Waals surface area contributed by atoms with Crippen LogP contribution in [0.3, 0.4) is 0 Å². The Balaban J connectivity index is 0.00000529. The topological polar surface area (TPSA) is 57.3 Å². The summed E-state index contributed by atoms with van der Waals surface area (Å²) in [6, 6.07) is 53.7. The standard InChI is InChI=1S/C55H50N5O.Pt/c1-53(2,3)39-25-26-57-51(31-39)60-48-20-13-17-38(34-56)52(48)46-23-22-45(33-49(46)60)61-44-19-14-18-42(32-44)58-35-59(43-29-40(54(4,5)6)28-41(30-43)55(7,8)9)47-24-21-37(27-50(47)58)36-15-11-10-12-16-36;/h10-31,35H,1-9H3;/q-3;. The van der Waals surface area contributed by atoms with Gasteiger partial charge in [-0.15, -0.1) is 48.1 Å². The quantitative estimate of drug-likeness (QED) is 0.155. The molecule has 8 aromatic rings. The van der Waals surface area contributed by atoms with Crippen LogP contribution in [0.2, 0.25) is 0 Å². The summed E-state index contributed by atoms with van der Waals surface area (Å²) in [4.78, 5) is 9.33. The fraction of sp³-hybridized carbons (Fsp3) is 0.218. The summed E-state index contributed by atoms with van der Waals surface area (Å²) >= 11 is 0. The second kappa shape index (κ2) is 16.0. The van der Waals surface area contributed by atoms with Gasteiger partial charge in [-0.1, -0.05) is 116 Å². The zero-order valence-corrected chi connectivity index (χ0v) is 39.0. The summed E-state index contributed by atoms with van der Waals surface area (Å²) in [7, 11) is 0. The number of nitrogens with zero attached hydrogens (tertiary/aromatic N) is 5. The Morgan fingerprint density at radius 2 is 1.31 bits per heavy atom. The van der Waals surface area contributed by atoms with Crippen LogP contribution in [0.1, 0.15) is 84.6 Å². The molecule has 0 bridgehead atoms. The van der Waals surface area contributed by atoms with E-state index >= 15 is 0 Å². The third kappa shape index (κ3) is 7.91. The van der Waals surface area contributed by atoms with Gasteiger partial charge in [-0.3, -0.25) is 0 Å². The smallest absolute Gasteiger partial charge is 0.135 e. The maximum absolute atomic E-state index is 10.2. The van der Waals surface area contributed by atoms with Crippen molar-refractivity contribution in [2.45, 2.75) is 78.6 Å². The molecule has 0 aliphatic carbocycles. The average Bonchev–Trinajstić information content (AvgIpc) is 3.79.